The monoisotopic (exact) mass is 284 g/mol. The van der Waals surface area contributed by atoms with Crippen molar-refractivity contribution >= 4 is 11.8 Å². The molecule has 108 valence electrons. The molecule has 2 rings (SSSR count). The Hall–Kier alpha value is -2.56. The van der Waals surface area contributed by atoms with Crippen LogP contribution in [0.15, 0.2) is 30.6 Å². The Balaban J connectivity index is 2.02. The molecule has 0 fully saturated rings. The fourth-order valence-electron chi connectivity index (χ4n) is 1.82. The molecule has 21 heavy (non-hydrogen) atoms. The van der Waals surface area contributed by atoms with E-state index in [4.69, 9.17) is 4.74 Å². The molecule has 0 N–H and O–H groups in total. The number of hydrogen-bond acceptors (Lipinski definition) is 5. The van der Waals surface area contributed by atoms with Crippen LogP contribution in [0.5, 0.6) is 0 Å². The Morgan fingerprint density at radius 1 is 1.10 bits per heavy atom. The van der Waals surface area contributed by atoms with Crippen LogP contribution < -0.4 is 0 Å². The van der Waals surface area contributed by atoms with Crippen LogP contribution in [0.3, 0.4) is 0 Å². The second-order valence-corrected chi connectivity index (χ2v) is 4.86. The van der Waals surface area contributed by atoms with Gasteiger partial charge in [0.05, 0.1) is 11.9 Å². The molecule has 0 radical (unpaired) electrons. The molecule has 0 spiro atoms. The zero-order valence-electron chi connectivity index (χ0n) is 12.2. The average Bonchev–Trinajstić information content (AvgIpc) is 2.47. The number of aryl methyl sites for hydroxylation is 3. The molecule has 5 heteroatoms. The summed E-state index contributed by atoms with van der Waals surface area (Å²) in [4.78, 5) is 31.7. The fraction of sp³-hybridized carbons (Fsp3) is 0.250. The Labute approximate surface area is 123 Å². The van der Waals surface area contributed by atoms with E-state index >= 15 is 0 Å². The Morgan fingerprint density at radius 2 is 1.86 bits per heavy atom. The molecule has 0 aliphatic rings. The quantitative estimate of drug-likeness (QED) is 0.637. The number of esters is 1. The lowest BCUT2D eigenvalue weighted by Gasteiger charge is -2.07. The van der Waals surface area contributed by atoms with E-state index in [9.17, 15) is 9.59 Å². The largest absolute Gasteiger partial charge is 0.453 e. The van der Waals surface area contributed by atoms with Crippen LogP contribution in [0.1, 0.15) is 37.7 Å². The fourth-order valence-corrected chi connectivity index (χ4v) is 1.82. The number of ether oxygens (including phenoxy) is 1. The van der Waals surface area contributed by atoms with Gasteiger partial charge in [-0.15, -0.1) is 0 Å². The van der Waals surface area contributed by atoms with Crippen molar-refractivity contribution in [3.63, 3.8) is 0 Å². The third-order valence-electron chi connectivity index (χ3n) is 3.02. The molecular weight excluding hydrogens is 268 g/mol. The van der Waals surface area contributed by atoms with Crippen LogP contribution in [0, 0.1) is 20.8 Å². The first-order chi connectivity index (χ1) is 9.97. The molecule has 1 aromatic heterocycles. The highest BCUT2D eigenvalue weighted by molar-refractivity contribution is 6.00. The summed E-state index contributed by atoms with van der Waals surface area (Å²) in [5.74, 6) is -0.884. The van der Waals surface area contributed by atoms with Crippen molar-refractivity contribution in [2.45, 2.75) is 20.8 Å². The van der Waals surface area contributed by atoms with Crippen molar-refractivity contribution in [2.75, 3.05) is 6.61 Å². The topological polar surface area (TPSA) is 69.2 Å². The molecular formula is C16H16N2O3. The van der Waals surface area contributed by atoms with E-state index in [1.54, 1.807) is 13.0 Å². The van der Waals surface area contributed by atoms with Crippen LogP contribution in [-0.4, -0.2) is 28.3 Å². The molecule has 5 nitrogen and oxygen atoms in total. The molecule has 0 saturated heterocycles. The predicted octanol–water partition coefficient (Wildman–Crippen LogP) is 2.44. The van der Waals surface area contributed by atoms with Crippen LogP contribution in [0.25, 0.3) is 0 Å². The van der Waals surface area contributed by atoms with Gasteiger partial charge in [0.1, 0.15) is 0 Å². The van der Waals surface area contributed by atoms with Gasteiger partial charge in [-0.05, 0) is 32.4 Å². The van der Waals surface area contributed by atoms with Crippen LogP contribution >= 0.6 is 0 Å². The zero-order chi connectivity index (χ0) is 15.4. The van der Waals surface area contributed by atoms with E-state index in [1.807, 2.05) is 26.0 Å². The van der Waals surface area contributed by atoms with Gasteiger partial charge in [0.25, 0.3) is 0 Å². The Kier molecular flexibility index (Phi) is 4.42. The third-order valence-corrected chi connectivity index (χ3v) is 3.02. The molecule has 0 unspecified atom stereocenters. The summed E-state index contributed by atoms with van der Waals surface area (Å²) in [6.45, 7) is 5.22. The summed E-state index contributed by atoms with van der Waals surface area (Å²) in [7, 11) is 0. The highest BCUT2D eigenvalue weighted by Gasteiger charge is 2.14. The molecule has 0 aliphatic carbocycles. The number of Topliss-reactive ketones (excluding diaryl/α,β-unsaturated/α-hetero) is 1. The maximum absolute atomic E-state index is 12.1. The summed E-state index contributed by atoms with van der Waals surface area (Å²) >= 11 is 0. The minimum atomic E-state index is -0.652. The van der Waals surface area contributed by atoms with E-state index < -0.39 is 5.97 Å². The molecule has 0 bridgehead atoms. The maximum atomic E-state index is 12.1. The number of aromatic nitrogens is 2. The minimum Gasteiger partial charge on any atom is -0.453 e. The number of rotatable bonds is 4. The molecule has 1 heterocycles. The first-order valence-corrected chi connectivity index (χ1v) is 6.53. The lowest BCUT2D eigenvalue weighted by atomic mass is 10.0. The first-order valence-electron chi connectivity index (χ1n) is 6.53. The summed E-state index contributed by atoms with van der Waals surface area (Å²) in [5.41, 5.74) is 3.21. The van der Waals surface area contributed by atoms with Crippen LogP contribution in [0.4, 0.5) is 0 Å². The molecule has 0 amide bonds. The third kappa shape index (κ3) is 3.72. The van der Waals surface area contributed by atoms with E-state index in [-0.39, 0.29) is 18.1 Å². The van der Waals surface area contributed by atoms with E-state index in [0.717, 1.165) is 11.1 Å². The average molecular weight is 284 g/mol. The Morgan fingerprint density at radius 3 is 2.52 bits per heavy atom. The van der Waals surface area contributed by atoms with Gasteiger partial charge in [-0.2, -0.15) is 0 Å². The number of benzene rings is 1. The van der Waals surface area contributed by atoms with Crippen molar-refractivity contribution in [1.82, 2.24) is 9.97 Å². The molecule has 0 saturated carbocycles. The first kappa shape index (κ1) is 14.8. The molecule has 2 aromatic rings. The number of carbonyl (C=O) groups is 2. The van der Waals surface area contributed by atoms with E-state index in [0.29, 0.717) is 11.3 Å². The van der Waals surface area contributed by atoms with Crippen LogP contribution in [0.2, 0.25) is 0 Å². The number of nitrogens with zero attached hydrogens (tertiary/aromatic N) is 2. The lowest BCUT2D eigenvalue weighted by molar-refractivity contribution is 0.0468. The predicted molar refractivity (Wildman–Crippen MR) is 77.3 cm³/mol. The van der Waals surface area contributed by atoms with Crippen molar-refractivity contribution in [1.29, 1.82) is 0 Å². The smallest absolute Gasteiger partial charge is 0.358 e. The van der Waals surface area contributed by atoms with E-state index in [1.165, 1.54) is 12.4 Å². The summed E-state index contributed by atoms with van der Waals surface area (Å²) in [6, 6.07) is 5.59. The van der Waals surface area contributed by atoms with Crippen molar-refractivity contribution in [2.24, 2.45) is 0 Å². The van der Waals surface area contributed by atoms with Gasteiger partial charge in [0.15, 0.2) is 12.3 Å². The number of carbonyl (C=O) groups excluding carboxylic acids is 2. The standard InChI is InChI=1S/C16H16N2O3/c1-10-4-5-11(2)13(6-10)15(19)9-21-16(20)14-8-17-12(3)7-18-14/h4-8H,9H2,1-3H3. The summed E-state index contributed by atoms with van der Waals surface area (Å²) < 4.78 is 4.99. The van der Waals surface area contributed by atoms with Crippen molar-refractivity contribution in [3.8, 4) is 0 Å². The summed E-state index contributed by atoms with van der Waals surface area (Å²) in [6.07, 6.45) is 2.81. The molecule has 0 aliphatic heterocycles. The van der Waals surface area contributed by atoms with Gasteiger partial charge >= 0.3 is 5.97 Å². The minimum absolute atomic E-state index is 0.0920. The number of ketones is 1. The van der Waals surface area contributed by atoms with Crippen molar-refractivity contribution in [3.05, 3.63) is 58.7 Å². The molecule has 0 atom stereocenters. The van der Waals surface area contributed by atoms with Gasteiger partial charge in [0, 0.05) is 11.8 Å². The SMILES string of the molecule is Cc1ccc(C)c(C(=O)COC(=O)c2cnc(C)cn2)c1. The van der Waals surface area contributed by atoms with Gasteiger partial charge in [-0.25, -0.2) is 9.78 Å². The number of hydrogen-bond donors (Lipinski definition) is 0. The second kappa shape index (κ2) is 6.26. The second-order valence-electron chi connectivity index (χ2n) is 4.86. The van der Waals surface area contributed by atoms with Crippen molar-refractivity contribution < 1.29 is 14.3 Å². The summed E-state index contributed by atoms with van der Waals surface area (Å²) in [5, 5.41) is 0. The van der Waals surface area contributed by atoms with Gasteiger partial charge < -0.3 is 4.74 Å². The normalized spacial score (nSPS) is 10.2. The highest BCUT2D eigenvalue weighted by Crippen LogP contribution is 2.12. The maximum Gasteiger partial charge on any atom is 0.358 e. The van der Waals surface area contributed by atoms with E-state index in [2.05, 4.69) is 9.97 Å². The Bertz CT molecular complexity index is 678. The van der Waals surface area contributed by atoms with Crippen LogP contribution in [-0.2, 0) is 4.74 Å². The molecule has 1 aromatic carbocycles. The lowest BCUT2D eigenvalue weighted by Crippen LogP contribution is -2.16. The highest BCUT2D eigenvalue weighted by atomic mass is 16.5. The zero-order valence-corrected chi connectivity index (χ0v) is 12.2. The van der Waals surface area contributed by atoms with Gasteiger partial charge in [-0.1, -0.05) is 17.7 Å². The van der Waals surface area contributed by atoms with Gasteiger partial charge in [0.2, 0.25) is 5.78 Å². The van der Waals surface area contributed by atoms with Gasteiger partial charge in [-0.3, -0.25) is 9.78 Å².